The number of nitrogens with zero attached hydrogens (tertiary/aromatic N) is 5. The number of hydrogen-bond acceptors (Lipinski definition) is 8. The summed E-state index contributed by atoms with van der Waals surface area (Å²) in [6.45, 7) is 19.2. The summed E-state index contributed by atoms with van der Waals surface area (Å²) < 4.78 is 41.7. The Morgan fingerprint density at radius 2 is 1.11 bits per heavy atom. The van der Waals surface area contributed by atoms with Crippen LogP contribution in [-0.2, 0) is 30.5 Å². The van der Waals surface area contributed by atoms with Crippen molar-refractivity contribution < 1.29 is 21.7 Å². The first-order valence-electron chi connectivity index (χ1n) is 29.4. The van der Waals surface area contributed by atoms with Crippen molar-refractivity contribution in [1.29, 1.82) is 0 Å². The van der Waals surface area contributed by atoms with E-state index >= 15 is 0 Å². The molecular formula is C71H74N5O4S2+. The molecule has 11 heteroatoms. The van der Waals surface area contributed by atoms with Gasteiger partial charge in [0.1, 0.15) is 6.54 Å². The van der Waals surface area contributed by atoms with Crippen molar-refractivity contribution in [2.75, 3.05) is 41.8 Å². The molecule has 0 amide bonds. The zero-order chi connectivity index (χ0) is 57.1. The highest BCUT2D eigenvalue weighted by Gasteiger charge is 2.47. The number of hydrogen-bond donors (Lipinski definition) is 2. The van der Waals surface area contributed by atoms with E-state index in [4.69, 9.17) is 14.2 Å². The van der Waals surface area contributed by atoms with Crippen molar-refractivity contribution in [2.24, 2.45) is 0 Å². The van der Waals surface area contributed by atoms with Crippen molar-refractivity contribution in [3.8, 4) is 0 Å². The third-order valence-electron chi connectivity index (χ3n) is 17.9. The van der Waals surface area contributed by atoms with Crippen LogP contribution >= 0.6 is 12.9 Å². The molecule has 82 heavy (non-hydrogen) atoms. The lowest BCUT2D eigenvalue weighted by Gasteiger charge is -2.28. The first-order valence-corrected chi connectivity index (χ1v) is 31.3. The average Bonchev–Trinajstić information content (AvgIpc) is 4.10. The molecule has 0 saturated heterocycles. The highest BCUT2D eigenvalue weighted by molar-refractivity contribution is 7.85. The van der Waals surface area contributed by atoms with Crippen LogP contribution in [0.2, 0.25) is 0 Å². The Labute approximate surface area is 489 Å². The lowest BCUT2D eigenvalue weighted by molar-refractivity contribution is -0.438. The summed E-state index contributed by atoms with van der Waals surface area (Å²) in [5.74, 6) is -0.286. The Kier molecular flexibility index (Phi) is 14.8. The predicted molar refractivity (Wildman–Crippen MR) is 344 cm³/mol. The van der Waals surface area contributed by atoms with Gasteiger partial charge in [0.25, 0.3) is 10.1 Å². The van der Waals surface area contributed by atoms with E-state index in [0.717, 1.165) is 95.7 Å². The number of para-hydroxylation sites is 2. The van der Waals surface area contributed by atoms with E-state index in [9.17, 15) is 13.0 Å². The minimum absolute atomic E-state index is 0.286. The molecule has 0 spiro atoms. The van der Waals surface area contributed by atoms with Crippen LogP contribution < -0.4 is 9.80 Å². The lowest BCUT2D eigenvalue weighted by Crippen LogP contribution is -2.28. The van der Waals surface area contributed by atoms with Crippen LogP contribution in [-0.4, -0.2) is 65.2 Å². The topological polar surface area (TPSA) is 98.9 Å². The molecule has 0 saturated carbocycles. The number of allylic oxidation sites excluding steroid dienone is 10. The molecular weight excluding hydrogens is 1050 g/mol. The first-order chi connectivity index (χ1) is 39.5. The molecule has 1 N–H and O–H groups in total. The Balaban J connectivity index is 1.12. The Morgan fingerprint density at radius 3 is 1.71 bits per heavy atom. The van der Waals surface area contributed by atoms with E-state index in [2.05, 4.69) is 227 Å². The van der Waals surface area contributed by atoms with Gasteiger partial charge >= 0.3 is 0 Å². The van der Waals surface area contributed by atoms with Crippen molar-refractivity contribution in [1.82, 2.24) is 9.97 Å². The van der Waals surface area contributed by atoms with Crippen LogP contribution in [0, 0.1) is 0 Å². The molecule has 0 atom stereocenters. The number of benzene rings is 7. The van der Waals surface area contributed by atoms with E-state index in [0.29, 0.717) is 26.0 Å². The number of fused-ring (bicyclic) bond motifs is 11. The van der Waals surface area contributed by atoms with Gasteiger partial charge in [-0.3, -0.25) is 4.55 Å². The SMILES string of the molecule is CCCCC[N+]1=C(/C=C/C2=C(/C=C3/N(CCCCOS)c4ccc5ccccc5c4C3(C)C)C(=C/C=C3/N(CCCCS(=O)(=O)O)c4ccc5ccccc5c4C3(C)C)/c3nc4ccccc4nc32)C(C)(C)c2c1ccc1ccccc21. The van der Waals surface area contributed by atoms with E-state index < -0.39 is 20.9 Å². The van der Waals surface area contributed by atoms with Crippen molar-refractivity contribution in [2.45, 2.75) is 110 Å². The lowest BCUT2D eigenvalue weighted by atomic mass is 9.79. The Hall–Kier alpha value is -7.15. The molecule has 0 fully saturated rings. The molecule has 9 nitrogen and oxygen atoms in total. The molecule has 418 valence electrons. The molecule has 1 aliphatic carbocycles. The maximum atomic E-state index is 12.0. The van der Waals surface area contributed by atoms with Crippen LogP contribution in [0.5, 0.6) is 0 Å². The zero-order valence-corrected chi connectivity index (χ0v) is 50.0. The van der Waals surface area contributed by atoms with Gasteiger partial charge in [0.15, 0.2) is 5.71 Å². The molecule has 8 aromatic rings. The van der Waals surface area contributed by atoms with E-state index in [1.165, 1.54) is 71.8 Å². The second-order valence-electron chi connectivity index (χ2n) is 24.2. The molecule has 4 aliphatic rings. The second kappa shape index (κ2) is 21.9. The summed E-state index contributed by atoms with van der Waals surface area (Å²) in [4.78, 5) is 16.2. The fourth-order valence-corrected chi connectivity index (χ4v) is 14.7. The smallest absolute Gasteiger partial charge is 0.264 e. The molecule has 7 aromatic carbocycles. The van der Waals surface area contributed by atoms with Crippen LogP contribution in [0.1, 0.15) is 121 Å². The van der Waals surface area contributed by atoms with Crippen LogP contribution in [0.25, 0.3) is 54.5 Å². The summed E-state index contributed by atoms with van der Waals surface area (Å²) >= 11 is 4.13. The van der Waals surface area contributed by atoms with Crippen LogP contribution in [0.15, 0.2) is 181 Å². The van der Waals surface area contributed by atoms with Gasteiger partial charge in [-0.2, -0.15) is 13.0 Å². The van der Waals surface area contributed by atoms with Gasteiger partial charge < -0.3 is 14.0 Å². The average molecular weight is 1130 g/mol. The minimum atomic E-state index is -4.12. The summed E-state index contributed by atoms with van der Waals surface area (Å²) in [5, 5.41) is 7.35. The maximum Gasteiger partial charge on any atom is 0.264 e. The summed E-state index contributed by atoms with van der Waals surface area (Å²) in [6, 6.07) is 48.0. The third kappa shape index (κ3) is 9.71. The number of rotatable bonds is 18. The van der Waals surface area contributed by atoms with Gasteiger partial charge in [-0.15, -0.1) is 0 Å². The zero-order valence-electron chi connectivity index (χ0n) is 48.3. The highest BCUT2D eigenvalue weighted by Crippen LogP contribution is 2.55. The summed E-state index contributed by atoms with van der Waals surface area (Å²) in [7, 11) is -4.12. The van der Waals surface area contributed by atoms with Crippen molar-refractivity contribution in [3.63, 3.8) is 0 Å². The van der Waals surface area contributed by atoms with Gasteiger partial charge in [0.05, 0.1) is 40.2 Å². The van der Waals surface area contributed by atoms with E-state index in [1.807, 2.05) is 12.1 Å². The van der Waals surface area contributed by atoms with E-state index in [-0.39, 0.29) is 11.2 Å². The van der Waals surface area contributed by atoms with Gasteiger partial charge in [-0.25, -0.2) is 9.97 Å². The van der Waals surface area contributed by atoms with Crippen molar-refractivity contribution >= 4 is 100 Å². The number of unbranched alkanes of at least 4 members (excludes halogenated alkanes) is 4. The van der Waals surface area contributed by atoms with Gasteiger partial charge in [0.2, 0.25) is 5.69 Å². The molecule has 0 radical (unpaired) electrons. The standard InChI is InChI=1S/C71H73N5O4S2/c1-8-9-18-41-74-58-36-31-47-23-10-13-26-50(47)64(58)69(2,3)61(74)39-34-53-55(46-63-71(6,7)66-52-28-15-12-25-49(52)33-38-60(66)76(63)42-19-21-44-80-81)54(68-67(53)72-56-29-16-17-30-57(56)73-68)35-40-62-70(4,5)65-51-27-14-11-24-48(51)32-37-59(65)75(62)43-20-22-45-82(77,78)79/h10-17,23-40,46H,8-9,18-22,41-45H2,1-7H3,(H-,77,78,79,81)/p+1. The van der Waals surface area contributed by atoms with Crippen LogP contribution in [0.4, 0.5) is 17.1 Å². The molecule has 0 bridgehead atoms. The monoisotopic (exact) mass is 1120 g/mol. The van der Waals surface area contributed by atoms with Crippen LogP contribution in [0.3, 0.4) is 0 Å². The van der Waals surface area contributed by atoms with Gasteiger partial charge in [-0.05, 0) is 156 Å². The van der Waals surface area contributed by atoms with E-state index in [1.54, 1.807) is 0 Å². The highest BCUT2D eigenvalue weighted by atomic mass is 32.2. The third-order valence-corrected chi connectivity index (χ3v) is 18.9. The fourth-order valence-electron chi connectivity index (χ4n) is 14.0. The molecule has 0 unspecified atom stereocenters. The molecule has 3 aliphatic heterocycles. The predicted octanol–water partition coefficient (Wildman–Crippen LogP) is 16.7. The van der Waals surface area contributed by atoms with Gasteiger partial charge in [0, 0.05) is 82.0 Å². The maximum absolute atomic E-state index is 12.0. The normalized spacial score (nSPS) is 18.5. The Morgan fingerprint density at radius 1 is 0.573 bits per heavy atom. The van der Waals surface area contributed by atoms with Crippen molar-refractivity contribution in [3.05, 3.63) is 209 Å². The fraction of sp³-hybridized carbons (Fsp3) is 0.310. The molecule has 1 aromatic heterocycles. The van der Waals surface area contributed by atoms with Gasteiger partial charge in [-0.1, -0.05) is 144 Å². The first kappa shape index (κ1) is 55.4. The quantitative estimate of drug-likeness (QED) is 0.0288. The molecule has 4 heterocycles. The Bertz CT molecular complexity index is 4200. The number of anilines is 2. The number of thiol groups is 1. The minimum Gasteiger partial charge on any atom is -0.344 e. The summed E-state index contributed by atoms with van der Waals surface area (Å²) in [6.07, 6.45) is 17.8. The number of aromatic nitrogens is 2. The largest absolute Gasteiger partial charge is 0.344 e. The molecule has 12 rings (SSSR count). The summed E-state index contributed by atoms with van der Waals surface area (Å²) in [5.41, 5.74) is 16.1. The second-order valence-corrected chi connectivity index (χ2v) is 26.1.